The average Bonchev–Trinajstić information content (AvgIpc) is 2.61. The van der Waals surface area contributed by atoms with Gasteiger partial charge in [-0.1, -0.05) is 12.2 Å². The molecule has 0 aromatic heterocycles. The predicted octanol–water partition coefficient (Wildman–Crippen LogP) is -0.0551. The summed E-state index contributed by atoms with van der Waals surface area (Å²) in [5, 5.41) is 9.24. The van der Waals surface area contributed by atoms with E-state index in [0.717, 1.165) is 0 Å². The molecule has 94 valence electrons. The molecule has 5 heteroatoms. The van der Waals surface area contributed by atoms with Crippen LogP contribution >= 0.6 is 0 Å². The maximum atomic E-state index is 12.1. The van der Waals surface area contributed by atoms with Crippen LogP contribution in [0.1, 0.15) is 12.8 Å². The minimum absolute atomic E-state index is 0.166. The minimum Gasteiger partial charge on any atom is -0.394 e. The van der Waals surface area contributed by atoms with Crippen LogP contribution < -0.4 is 0 Å². The Hall–Kier alpha value is -1.20. The van der Waals surface area contributed by atoms with Crippen molar-refractivity contribution in [2.45, 2.75) is 18.9 Å². The normalized spacial score (nSPS) is 29.6. The monoisotopic (exact) mass is 239 g/mol. The van der Waals surface area contributed by atoms with Crippen molar-refractivity contribution in [2.24, 2.45) is 11.8 Å². The van der Waals surface area contributed by atoms with Gasteiger partial charge in [-0.2, -0.15) is 0 Å². The maximum Gasteiger partial charge on any atom is 0.233 e. The second-order valence-electron chi connectivity index (χ2n) is 4.49. The molecule has 1 fully saturated rings. The van der Waals surface area contributed by atoms with E-state index < -0.39 is 6.04 Å². The fraction of sp³-hybridized carbons (Fsp3) is 0.667. The highest BCUT2D eigenvalue weighted by Gasteiger charge is 2.49. The van der Waals surface area contributed by atoms with E-state index in [2.05, 4.69) is 0 Å². The zero-order valence-electron chi connectivity index (χ0n) is 9.83. The second-order valence-corrected chi connectivity index (χ2v) is 4.49. The number of amides is 2. The number of nitrogens with zero attached hydrogens (tertiary/aromatic N) is 1. The predicted molar refractivity (Wildman–Crippen MR) is 60.0 cm³/mol. The molecule has 1 aliphatic carbocycles. The number of hydrogen-bond acceptors (Lipinski definition) is 4. The number of hydrogen-bond donors (Lipinski definition) is 1. The first-order valence-corrected chi connectivity index (χ1v) is 5.82. The first kappa shape index (κ1) is 12.3. The minimum atomic E-state index is -0.550. The van der Waals surface area contributed by atoms with E-state index >= 15 is 0 Å². The van der Waals surface area contributed by atoms with Crippen LogP contribution in [0.25, 0.3) is 0 Å². The van der Waals surface area contributed by atoms with Gasteiger partial charge in [-0.3, -0.25) is 14.5 Å². The Morgan fingerprint density at radius 1 is 1.35 bits per heavy atom. The molecule has 0 bridgehead atoms. The summed E-state index contributed by atoms with van der Waals surface area (Å²) in [7, 11) is 1.49. The van der Waals surface area contributed by atoms with Crippen LogP contribution in [0.4, 0.5) is 0 Å². The van der Waals surface area contributed by atoms with Crippen molar-refractivity contribution in [1.29, 1.82) is 0 Å². The summed E-state index contributed by atoms with van der Waals surface area (Å²) in [6, 6.07) is -0.550. The highest BCUT2D eigenvalue weighted by Crippen LogP contribution is 2.35. The van der Waals surface area contributed by atoms with Gasteiger partial charge in [-0.15, -0.1) is 0 Å². The zero-order valence-corrected chi connectivity index (χ0v) is 9.83. The van der Waals surface area contributed by atoms with Gasteiger partial charge in [0.1, 0.15) is 0 Å². The molecule has 1 unspecified atom stereocenters. The molecule has 1 aliphatic heterocycles. The maximum absolute atomic E-state index is 12.1. The van der Waals surface area contributed by atoms with E-state index in [4.69, 9.17) is 4.74 Å². The van der Waals surface area contributed by atoms with Gasteiger partial charge < -0.3 is 9.84 Å². The van der Waals surface area contributed by atoms with E-state index in [1.807, 2.05) is 12.2 Å². The number of aliphatic hydroxyl groups excluding tert-OH is 1. The molecule has 0 radical (unpaired) electrons. The van der Waals surface area contributed by atoms with Gasteiger partial charge in [-0.25, -0.2) is 0 Å². The lowest BCUT2D eigenvalue weighted by atomic mass is 9.85. The molecule has 0 aromatic rings. The fourth-order valence-electron chi connectivity index (χ4n) is 2.59. The van der Waals surface area contributed by atoms with Gasteiger partial charge in [0.05, 0.1) is 31.1 Å². The summed E-state index contributed by atoms with van der Waals surface area (Å²) >= 11 is 0. The molecule has 17 heavy (non-hydrogen) atoms. The summed E-state index contributed by atoms with van der Waals surface area (Å²) < 4.78 is 4.94. The first-order valence-electron chi connectivity index (χ1n) is 5.82. The van der Waals surface area contributed by atoms with Gasteiger partial charge in [0.2, 0.25) is 11.8 Å². The molecule has 1 N–H and O–H groups in total. The van der Waals surface area contributed by atoms with Crippen molar-refractivity contribution >= 4 is 11.8 Å². The molecule has 0 spiro atoms. The molecule has 2 aliphatic rings. The number of methoxy groups -OCH3 is 1. The van der Waals surface area contributed by atoms with Crippen molar-refractivity contribution in [3.8, 4) is 0 Å². The Morgan fingerprint density at radius 3 is 2.29 bits per heavy atom. The number of rotatable bonds is 4. The standard InChI is InChI=1S/C12H17NO4/c1-17-7-8(6-14)13-11(15)9-4-2-3-5-10(9)12(13)16/h2-3,8-10,14H,4-7H2,1H3/t8?,9-,10+. The third kappa shape index (κ3) is 2.00. The third-order valence-corrected chi connectivity index (χ3v) is 3.48. The van der Waals surface area contributed by atoms with Crippen molar-refractivity contribution in [3.63, 3.8) is 0 Å². The van der Waals surface area contributed by atoms with Crippen molar-refractivity contribution in [3.05, 3.63) is 12.2 Å². The van der Waals surface area contributed by atoms with Crippen molar-refractivity contribution in [1.82, 2.24) is 4.90 Å². The second kappa shape index (κ2) is 4.98. The number of aliphatic hydroxyl groups is 1. The number of ether oxygens (including phenoxy) is 1. The van der Waals surface area contributed by atoms with Gasteiger partial charge in [-0.05, 0) is 12.8 Å². The Labute approximate surface area is 100 Å². The smallest absolute Gasteiger partial charge is 0.233 e. The number of allylic oxidation sites excluding steroid dienone is 2. The molecule has 1 saturated heterocycles. The summed E-state index contributed by atoms with van der Waals surface area (Å²) in [4.78, 5) is 25.5. The van der Waals surface area contributed by atoms with E-state index in [1.165, 1.54) is 12.0 Å². The Balaban J connectivity index is 2.19. The Morgan fingerprint density at radius 2 is 1.88 bits per heavy atom. The number of carbonyl (C=O) groups excluding carboxylic acids is 2. The van der Waals surface area contributed by atoms with Gasteiger partial charge in [0, 0.05) is 7.11 Å². The molecule has 0 aromatic carbocycles. The number of fused-ring (bicyclic) bond motifs is 1. The van der Waals surface area contributed by atoms with Crippen LogP contribution in [0.2, 0.25) is 0 Å². The number of imide groups is 1. The molecule has 3 atom stereocenters. The zero-order chi connectivity index (χ0) is 12.4. The van der Waals surface area contributed by atoms with E-state index in [-0.39, 0.29) is 36.9 Å². The van der Waals surface area contributed by atoms with Crippen LogP contribution in [0.3, 0.4) is 0 Å². The van der Waals surface area contributed by atoms with Crippen LogP contribution in [0.15, 0.2) is 12.2 Å². The van der Waals surface area contributed by atoms with Crippen LogP contribution in [0, 0.1) is 11.8 Å². The van der Waals surface area contributed by atoms with E-state index in [9.17, 15) is 14.7 Å². The lowest BCUT2D eigenvalue weighted by Gasteiger charge is -2.24. The van der Waals surface area contributed by atoms with E-state index in [0.29, 0.717) is 12.8 Å². The van der Waals surface area contributed by atoms with Gasteiger partial charge in [0.15, 0.2) is 0 Å². The van der Waals surface area contributed by atoms with Crippen LogP contribution in [-0.2, 0) is 14.3 Å². The van der Waals surface area contributed by atoms with E-state index in [1.54, 1.807) is 0 Å². The summed E-state index contributed by atoms with van der Waals surface area (Å²) in [5.74, 6) is -0.808. The molecular weight excluding hydrogens is 222 g/mol. The fourth-order valence-corrected chi connectivity index (χ4v) is 2.59. The third-order valence-electron chi connectivity index (χ3n) is 3.48. The topological polar surface area (TPSA) is 66.8 Å². The lowest BCUT2D eigenvalue weighted by molar-refractivity contribution is -0.145. The highest BCUT2D eigenvalue weighted by molar-refractivity contribution is 6.05. The molecular formula is C12H17NO4. The molecule has 0 saturated carbocycles. The summed E-state index contributed by atoms with van der Waals surface area (Å²) in [6.45, 7) is -0.0704. The summed E-state index contributed by atoms with van der Waals surface area (Å²) in [5.41, 5.74) is 0. The van der Waals surface area contributed by atoms with Crippen molar-refractivity contribution in [2.75, 3.05) is 20.3 Å². The average molecular weight is 239 g/mol. The van der Waals surface area contributed by atoms with Gasteiger partial charge >= 0.3 is 0 Å². The Kier molecular flexibility index (Phi) is 3.59. The number of likely N-dealkylation sites (tertiary alicyclic amines) is 1. The molecule has 2 amide bonds. The van der Waals surface area contributed by atoms with Crippen LogP contribution in [-0.4, -0.2) is 48.2 Å². The molecule has 2 rings (SSSR count). The summed E-state index contributed by atoms with van der Waals surface area (Å²) in [6.07, 6.45) is 5.13. The van der Waals surface area contributed by atoms with Crippen LogP contribution in [0.5, 0.6) is 0 Å². The molecule has 5 nitrogen and oxygen atoms in total. The lowest BCUT2D eigenvalue weighted by Crippen LogP contribution is -2.45. The highest BCUT2D eigenvalue weighted by atomic mass is 16.5. The Bertz CT molecular complexity index is 326. The largest absolute Gasteiger partial charge is 0.394 e. The molecule has 1 heterocycles. The van der Waals surface area contributed by atoms with Crippen molar-refractivity contribution < 1.29 is 19.4 Å². The first-order chi connectivity index (χ1) is 8.20. The SMILES string of the molecule is COCC(CO)N1C(=O)[C@H]2CC=CC[C@H]2C1=O. The van der Waals surface area contributed by atoms with Gasteiger partial charge in [0.25, 0.3) is 0 Å². The number of carbonyl (C=O) groups is 2. The quantitative estimate of drug-likeness (QED) is 0.551.